The zero-order valence-electron chi connectivity index (χ0n) is 12.7. The molecule has 1 aromatic carbocycles. The molecule has 21 heavy (non-hydrogen) atoms. The molecule has 1 heterocycles. The first kappa shape index (κ1) is 15.9. The molecule has 1 aromatic rings. The largest absolute Gasteiger partial charge is 0.395 e. The summed E-state index contributed by atoms with van der Waals surface area (Å²) in [6.07, 6.45) is 0.913. The Morgan fingerprint density at radius 2 is 1.86 bits per heavy atom. The highest BCUT2D eigenvalue weighted by molar-refractivity contribution is 5.93. The molecule has 0 bridgehead atoms. The third-order valence-electron chi connectivity index (χ3n) is 3.92. The molecular formula is C16H25N3O2. The Balaban J connectivity index is 1.80. The molecule has 1 fully saturated rings. The lowest BCUT2D eigenvalue weighted by atomic mass is 10.1. The lowest BCUT2D eigenvalue weighted by Crippen LogP contribution is -2.49. The van der Waals surface area contributed by atoms with Crippen molar-refractivity contribution in [2.45, 2.75) is 13.3 Å². The first-order valence-electron chi connectivity index (χ1n) is 7.66. The van der Waals surface area contributed by atoms with Crippen molar-refractivity contribution in [1.29, 1.82) is 0 Å². The van der Waals surface area contributed by atoms with Crippen LogP contribution in [0.1, 0.15) is 12.5 Å². The summed E-state index contributed by atoms with van der Waals surface area (Å²) < 4.78 is 0. The Hall–Kier alpha value is -1.43. The maximum Gasteiger partial charge on any atom is 0.238 e. The second-order valence-corrected chi connectivity index (χ2v) is 5.40. The highest BCUT2D eigenvalue weighted by Gasteiger charge is 2.18. The Labute approximate surface area is 126 Å². The van der Waals surface area contributed by atoms with Gasteiger partial charge in [-0.3, -0.25) is 14.6 Å². The topological polar surface area (TPSA) is 55.8 Å². The van der Waals surface area contributed by atoms with Crippen LogP contribution in [0.2, 0.25) is 0 Å². The third kappa shape index (κ3) is 4.81. The summed E-state index contributed by atoms with van der Waals surface area (Å²) in [5.74, 6) is 0.0477. The smallest absolute Gasteiger partial charge is 0.238 e. The third-order valence-corrected chi connectivity index (χ3v) is 3.92. The molecule has 0 atom stereocenters. The zero-order valence-corrected chi connectivity index (χ0v) is 12.7. The number of aliphatic hydroxyl groups is 1. The normalized spacial score (nSPS) is 16.9. The van der Waals surface area contributed by atoms with Gasteiger partial charge < -0.3 is 10.4 Å². The molecule has 0 aliphatic carbocycles. The van der Waals surface area contributed by atoms with Gasteiger partial charge >= 0.3 is 0 Å². The standard InChI is InChI=1S/C16H25N3O2/c1-2-14-5-3-4-6-15(14)17-16(21)13-19-9-7-18(8-10-19)11-12-20/h3-6,20H,2,7-13H2,1H3,(H,17,21). The van der Waals surface area contributed by atoms with Crippen LogP contribution in [0.5, 0.6) is 0 Å². The first-order valence-corrected chi connectivity index (χ1v) is 7.66. The average molecular weight is 291 g/mol. The van der Waals surface area contributed by atoms with E-state index in [1.165, 1.54) is 5.56 Å². The molecule has 1 aliphatic rings. The number of aliphatic hydroxyl groups excluding tert-OH is 1. The van der Waals surface area contributed by atoms with E-state index in [0.29, 0.717) is 6.54 Å². The molecule has 5 heteroatoms. The Morgan fingerprint density at radius 3 is 2.52 bits per heavy atom. The summed E-state index contributed by atoms with van der Waals surface area (Å²) in [4.78, 5) is 16.5. The monoisotopic (exact) mass is 291 g/mol. The van der Waals surface area contributed by atoms with Crippen LogP contribution in [0, 0.1) is 0 Å². The van der Waals surface area contributed by atoms with Crippen LogP contribution in [0.25, 0.3) is 0 Å². The number of carbonyl (C=O) groups excluding carboxylic acids is 1. The summed E-state index contributed by atoms with van der Waals surface area (Å²) >= 11 is 0. The predicted octanol–water partition coefficient (Wildman–Crippen LogP) is 0.797. The fourth-order valence-corrected chi connectivity index (χ4v) is 2.66. The van der Waals surface area contributed by atoms with Crippen LogP contribution in [0.15, 0.2) is 24.3 Å². The number of benzene rings is 1. The van der Waals surface area contributed by atoms with E-state index in [2.05, 4.69) is 22.0 Å². The molecule has 116 valence electrons. The van der Waals surface area contributed by atoms with E-state index in [0.717, 1.165) is 44.8 Å². The second kappa shape index (κ2) is 8.12. The Bertz CT molecular complexity index is 457. The van der Waals surface area contributed by atoms with Gasteiger partial charge in [0, 0.05) is 38.4 Å². The minimum atomic E-state index is 0.0477. The lowest BCUT2D eigenvalue weighted by molar-refractivity contribution is -0.117. The molecule has 5 nitrogen and oxygen atoms in total. The van der Waals surface area contributed by atoms with Gasteiger partial charge in [0.15, 0.2) is 0 Å². The minimum Gasteiger partial charge on any atom is -0.395 e. The number of hydrogen-bond acceptors (Lipinski definition) is 4. The van der Waals surface area contributed by atoms with Crippen molar-refractivity contribution in [3.05, 3.63) is 29.8 Å². The molecule has 2 N–H and O–H groups in total. The molecule has 0 spiro atoms. The van der Waals surface area contributed by atoms with Gasteiger partial charge in [0.25, 0.3) is 0 Å². The number of rotatable bonds is 6. The van der Waals surface area contributed by atoms with Gasteiger partial charge in [0.1, 0.15) is 0 Å². The SMILES string of the molecule is CCc1ccccc1NC(=O)CN1CCN(CCO)CC1. The van der Waals surface area contributed by atoms with E-state index < -0.39 is 0 Å². The van der Waals surface area contributed by atoms with E-state index in [-0.39, 0.29) is 12.5 Å². The van der Waals surface area contributed by atoms with Gasteiger partial charge in [-0.1, -0.05) is 25.1 Å². The van der Waals surface area contributed by atoms with Crippen LogP contribution in [-0.2, 0) is 11.2 Å². The van der Waals surface area contributed by atoms with Crippen LogP contribution in [0.3, 0.4) is 0 Å². The van der Waals surface area contributed by atoms with Gasteiger partial charge in [-0.15, -0.1) is 0 Å². The summed E-state index contributed by atoms with van der Waals surface area (Å²) in [5, 5.41) is 11.9. The minimum absolute atomic E-state index is 0.0477. The van der Waals surface area contributed by atoms with Crippen molar-refractivity contribution in [3.8, 4) is 0 Å². The number of nitrogens with zero attached hydrogens (tertiary/aromatic N) is 2. The highest BCUT2D eigenvalue weighted by Crippen LogP contribution is 2.15. The number of para-hydroxylation sites is 1. The van der Waals surface area contributed by atoms with Crippen molar-refractivity contribution in [1.82, 2.24) is 9.80 Å². The number of hydrogen-bond donors (Lipinski definition) is 2. The molecule has 0 unspecified atom stereocenters. The number of nitrogens with one attached hydrogen (secondary N) is 1. The van der Waals surface area contributed by atoms with Crippen LogP contribution in [0.4, 0.5) is 5.69 Å². The summed E-state index contributed by atoms with van der Waals surface area (Å²) in [6.45, 7) is 7.04. The van der Waals surface area contributed by atoms with Crippen LogP contribution >= 0.6 is 0 Å². The van der Waals surface area contributed by atoms with Crippen molar-refractivity contribution in [3.63, 3.8) is 0 Å². The van der Waals surface area contributed by atoms with Crippen molar-refractivity contribution >= 4 is 11.6 Å². The van der Waals surface area contributed by atoms with Gasteiger partial charge in [0.2, 0.25) is 5.91 Å². The first-order chi connectivity index (χ1) is 10.2. The molecule has 1 aliphatic heterocycles. The second-order valence-electron chi connectivity index (χ2n) is 5.40. The van der Waals surface area contributed by atoms with E-state index in [1.807, 2.05) is 24.3 Å². The number of amides is 1. The number of β-amino-alcohol motifs (C(OH)–C–C–N with tert-alkyl or cyclic N) is 1. The Kier molecular flexibility index (Phi) is 6.17. The van der Waals surface area contributed by atoms with Crippen molar-refractivity contribution in [2.24, 2.45) is 0 Å². The van der Waals surface area contributed by atoms with E-state index in [9.17, 15) is 4.79 Å². The van der Waals surface area contributed by atoms with Crippen molar-refractivity contribution in [2.75, 3.05) is 51.2 Å². The van der Waals surface area contributed by atoms with E-state index in [4.69, 9.17) is 5.11 Å². The van der Waals surface area contributed by atoms with Crippen LogP contribution < -0.4 is 5.32 Å². The van der Waals surface area contributed by atoms with Gasteiger partial charge in [-0.2, -0.15) is 0 Å². The number of anilines is 1. The lowest BCUT2D eigenvalue weighted by Gasteiger charge is -2.33. The highest BCUT2D eigenvalue weighted by atomic mass is 16.3. The molecule has 0 radical (unpaired) electrons. The molecular weight excluding hydrogens is 266 g/mol. The predicted molar refractivity (Wildman–Crippen MR) is 84.4 cm³/mol. The zero-order chi connectivity index (χ0) is 15.1. The number of aryl methyl sites for hydroxylation is 1. The fraction of sp³-hybridized carbons (Fsp3) is 0.562. The molecule has 2 rings (SSSR count). The summed E-state index contributed by atoms with van der Waals surface area (Å²) in [5.41, 5.74) is 2.09. The summed E-state index contributed by atoms with van der Waals surface area (Å²) in [7, 11) is 0. The molecule has 1 amide bonds. The van der Waals surface area contributed by atoms with E-state index in [1.54, 1.807) is 0 Å². The average Bonchev–Trinajstić information content (AvgIpc) is 2.50. The quantitative estimate of drug-likeness (QED) is 0.814. The van der Waals surface area contributed by atoms with Gasteiger partial charge in [-0.25, -0.2) is 0 Å². The Morgan fingerprint density at radius 1 is 1.19 bits per heavy atom. The maximum atomic E-state index is 12.1. The van der Waals surface area contributed by atoms with Crippen LogP contribution in [-0.4, -0.2) is 66.7 Å². The molecule has 0 saturated carbocycles. The fourth-order valence-electron chi connectivity index (χ4n) is 2.66. The van der Waals surface area contributed by atoms with E-state index >= 15 is 0 Å². The summed E-state index contributed by atoms with van der Waals surface area (Å²) in [6, 6.07) is 7.94. The van der Waals surface area contributed by atoms with Crippen molar-refractivity contribution < 1.29 is 9.90 Å². The number of carbonyl (C=O) groups is 1. The van der Waals surface area contributed by atoms with Gasteiger partial charge in [-0.05, 0) is 18.1 Å². The molecule has 1 saturated heterocycles. The maximum absolute atomic E-state index is 12.1. The van der Waals surface area contributed by atoms with Gasteiger partial charge in [0.05, 0.1) is 13.2 Å². The molecule has 0 aromatic heterocycles. The number of piperazine rings is 1.